The quantitative estimate of drug-likeness (QED) is 0.573. The number of fused-ring (bicyclic) bond motifs is 1. The molecule has 3 aromatic rings. The Hall–Kier alpha value is -3.21. The lowest BCUT2D eigenvalue weighted by Crippen LogP contribution is -2.38. The molecule has 0 radical (unpaired) electrons. The molecule has 1 fully saturated rings. The number of carbonyl (C=O) groups excluding carboxylic acids is 1. The van der Waals surface area contributed by atoms with Gasteiger partial charge in [-0.3, -0.25) is 14.2 Å². The molecule has 10 nitrogen and oxygen atoms in total. The lowest BCUT2D eigenvalue weighted by Gasteiger charge is -2.32. The van der Waals surface area contributed by atoms with Gasteiger partial charge >= 0.3 is 5.97 Å². The number of rotatable bonds is 6. The minimum atomic E-state index is -3.89. The minimum absolute atomic E-state index is 0.0388. The largest absolute Gasteiger partial charge is 0.466 e. The number of ether oxygens (including phenoxy) is 1. The third kappa shape index (κ3) is 4.46. The predicted molar refractivity (Wildman–Crippen MR) is 115 cm³/mol. The van der Waals surface area contributed by atoms with Crippen LogP contribution in [0, 0.1) is 5.92 Å². The van der Waals surface area contributed by atoms with Gasteiger partial charge in [0.2, 0.25) is 0 Å². The SMILES string of the molecule is CCOC(=O)C1CCN(c2nc3ccccc3nc2NS(=O)(=O)c2cnn(C)c2)CC1. The summed E-state index contributed by atoms with van der Waals surface area (Å²) >= 11 is 0. The molecule has 1 N–H and O–H groups in total. The lowest BCUT2D eigenvalue weighted by atomic mass is 9.97. The van der Waals surface area contributed by atoms with E-state index in [2.05, 4.69) is 19.8 Å². The molecule has 4 rings (SSSR count). The topological polar surface area (TPSA) is 119 Å². The molecule has 0 amide bonds. The fourth-order valence-corrected chi connectivity index (χ4v) is 4.58. The van der Waals surface area contributed by atoms with Gasteiger partial charge in [0.25, 0.3) is 10.0 Å². The van der Waals surface area contributed by atoms with Gasteiger partial charge < -0.3 is 9.64 Å². The second-order valence-corrected chi connectivity index (χ2v) is 9.04. The van der Waals surface area contributed by atoms with Crippen molar-refractivity contribution in [3.05, 3.63) is 36.7 Å². The Morgan fingerprint density at radius 2 is 1.87 bits per heavy atom. The van der Waals surface area contributed by atoms with Crippen molar-refractivity contribution < 1.29 is 17.9 Å². The van der Waals surface area contributed by atoms with Crippen LogP contribution in [0.2, 0.25) is 0 Å². The Balaban J connectivity index is 1.65. The van der Waals surface area contributed by atoms with Gasteiger partial charge in [-0.15, -0.1) is 0 Å². The number of aromatic nitrogens is 4. The molecular weight excluding hydrogens is 420 g/mol. The highest BCUT2D eigenvalue weighted by molar-refractivity contribution is 7.92. The molecule has 2 aromatic heterocycles. The van der Waals surface area contributed by atoms with Crippen molar-refractivity contribution in [3.63, 3.8) is 0 Å². The normalized spacial score (nSPS) is 15.2. The molecule has 0 saturated carbocycles. The molecule has 0 aliphatic carbocycles. The van der Waals surface area contributed by atoms with Crippen LogP contribution < -0.4 is 9.62 Å². The Labute approximate surface area is 180 Å². The summed E-state index contributed by atoms with van der Waals surface area (Å²) in [7, 11) is -2.24. The molecule has 164 valence electrons. The standard InChI is InChI=1S/C20H24N6O4S/c1-3-30-20(27)14-8-10-26(11-9-14)19-18(22-16-6-4-5-7-17(16)23-19)24-31(28,29)15-12-21-25(2)13-15/h4-7,12-14H,3,8-11H2,1-2H3,(H,22,24). The molecule has 1 aliphatic rings. The van der Waals surface area contributed by atoms with Crippen molar-refractivity contribution >= 4 is 38.7 Å². The second-order valence-electron chi connectivity index (χ2n) is 7.35. The molecule has 11 heteroatoms. The fourth-order valence-electron chi connectivity index (χ4n) is 3.59. The second kappa shape index (κ2) is 8.50. The number of piperidine rings is 1. The van der Waals surface area contributed by atoms with Crippen molar-refractivity contribution in [3.8, 4) is 0 Å². The van der Waals surface area contributed by atoms with E-state index in [1.165, 1.54) is 17.1 Å². The van der Waals surface area contributed by atoms with Crippen LogP contribution in [0.1, 0.15) is 19.8 Å². The zero-order valence-electron chi connectivity index (χ0n) is 17.4. The number of benzene rings is 1. The maximum atomic E-state index is 12.9. The van der Waals surface area contributed by atoms with E-state index in [9.17, 15) is 13.2 Å². The van der Waals surface area contributed by atoms with Gasteiger partial charge in [0, 0.05) is 26.3 Å². The van der Waals surface area contributed by atoms with E-state index in [-0.39, 0.29) is 22.6 Å². The van der Waals surface area contributed by atoms with E-state index in [1.807, 2.05) is 23.1 Å². The zero-order chi connectivity index (χ0) is 22.0. The van der Waals surface area contributed by atoms with Crippen LogP contribution in [-0.2, 0) is 26.6 Å². The van der Waals surface area contributed by atoms with Gasteiger partial charge in [0.1, 0.15) is 4.90 Å². The number of hydrogen-bond acceptors (Lipinski definition) is 8. The van der Waals surface area contributed by atoms with E-state index in [0.29, 0.717) is 49.4 Å². The summed E-state index contributed by atoms with van der Waals surface area (Å²) in [6.07, 6.45) is 3.90. The number of aryl methyl sites for hydroxylation is 1. The highest BCUT2D eigenvalue weighted by Crippen LogP contribution is 2.30. The van der Waals surface area contributed by atoms with Gasteiger partial charge in [-0.1, -0.05) is 12.1 Å². The highest BCUT2D eigenvalue weighted by Gasteiger charge is 2.29. The van der Waals surface area contributed by atoms with Crippen LogP contribution in [0.5, 0.6) is 0 Å². The van der Waals surface area contributed by atoms with Crippen molar-refractivity contribution in [2.45, 2.75) is 24.7 Å². The summed E-state index contributed by atoms with van der Waals surface area (Å²) in [5.41, 5.74) is 1.24. The van der Waals surface area contributed by atoms with Crippen molar-refractivity contribution in [1.82, 2.24) is 19.7 Å². The monoisotopic (exact) mass is 444 g/mol. The zero-order valence-corrected chi connectivity index (χ0v) is 18.2. The molecule has 1 aliphatic heterocycles. The first kappa shape index (κ1) is 21.0. The van der Waals surface area contributed by atoms with Crippen molar-refractivity contribution in [2.24, 2.45) is 13.0 Å². The van der Waals surface area contributed by atoms with Crippen LogP contribution >= 0.6 is 0 Å². The molecule has 0 atom stereocenters. The number of para-hydroxylation sites is 2. The summed E-state index contributed by atoms with van der Waals surface area (Å²) in [6.45, 7) is 3.23. The van der Waals surface area contributed by atoms with E-state index in [4.69, 9.17) is 4.74 Å². The minimum Gasteiger partial charge on any atom is -0.466 e. The van der Waals surface area contributed by atoms with Gasteiger partial charge in [0.05, 0.1) is 29.8 Å². The molecule has 0 bridgehead atoms. The third-order valence-electron chi connectivity index (χ3n) is 5.19. The van der Waals surface area contributed by atoms with Crippen LogP contribution in [-0.4, -0.2) is 53.8 Å². The summed E-state index contributed by atoms with van der Waals surface area (Å²) < 4.78 is 34.9. The summed E-state index contributed by atoms with van der Waals surface area (Å²) in [4.78, 5) is 23.3. The number of nitrogens with zero attached hydrogens (tertiary/aromatic N) is 5. The van der Waals surface area contributed by atoms with Crippen molar-refractivity contribution in [1.29, 1.82) is 0 Å². The molecule has 0 spiro atoms. The molecule has 3 heterocycles. The van der Waals surface area contributed by atoms with Crippen LogP contribution in [0.3, 0.4) is 0 Å². The van der Waals surface area contributed by atoms with Crippen molar-refractivity contribution in [2.75, 3.05) is 29.3 Å². The molecular formula is C20H24N6O4S. The highest BCUT2D eigenvalue weighted by atomic mass is 32.2. The van der Waals surface area contributed by atoms with E-state index in [1.54, 1.807) is 20.0 Å². The number of hydrogen-bond donors (Lipinski definition) is 1. The number of anilines is 2. The van der Waals surface area contributed by atoms with Gasteiger partial charge in [0.15, 0.2) is 11.6 Å². The van der Waals surface area contributed by atoms with Crippen LogP contribution in [0.25, 0.3) is 11.0 Å². The number of nitrogens with one attached hydrogen (secondary N) is 1. The first-order valence-corrected chi connectivity index (χ1v) is 11.6. The predicted octanol–water partition coefficient (Wildman–Crippen LogP) is 1.94. The summed E-state index contributed by atoms with van der Waals surface area (Å²) in [5, 5.41) is 3.93. The average molecular weight is 445 g/mol. The van der Waals surface area contributed by atoms with Gasteiger partial charge in [-0.25, -0.2) is 18.4 Å². The van der Waals surface area contributed by atoms with E-state index in [0.717, 1.165) is 0 Å². The fraction of sp³-hybridized carbons (Fsp3) is 0.400. The third-order valence-corrected chi connectivity index (χ3v) is 6.48. The van der Waals surface area contributed by atoms with Crippen LogP contribution in [0.15, 0.2) is 41.6 Å². The Kier molecular flexibility index (Phi) is 5.77. The van der Waals surface area contributed by atoms with E-state index < -0.39 is 10.0 Å². The first-order chi connectivity index (χ1) is 14.9. The smallest absolute Gasteiger partial charge is 0.309 e. The number of sulfonamides is 1. The first-order valence-electron chi connectivity index (χ1n) is 10.1. The molecule has 31 heavy (non-hydrogen) atoms. The molecule has 1 saturated heterocycles. The number of esters is 1. The Morgan fingerprint density at radius 3 is 2.48 bits per heavy atom. The maximum Gasteiger partial charge on any atom is 0.309 e. The Bertz CT molecular complexity index is 1200. The summed E-state index contributed by atoms with van der Waals surface area (Å²) in [6, 6.07) is 7.28. The van der Waals surface area contributed by atoms with Gasteiger partial charge in [-0.2, -0.15) is 5.10 Å². The lowest BCUT2D eigenvalue weighted by molar-refractivity contribution is -0.148. The van der Waals surface area contributed by atoms with Crippen LogP contribution in [0.4, 0.5) is 11.6 Å². The Morgan fingerprint density at radius 1 is 1.19 bits per heavy atom. The molecule has 0 unspecified atom stereocenters. The maximum absolute atomic E-state index is 12.9. The summed E-state index contributed by atoms with van der Waals surface area (Å²) in [5.74, 6) is 0.231. The average Bonchev–Trinajstić information content (AvgIpc) is 3.21. The van der Waals surface area contributed by atoms with E-state index >= 15 is 0 Å². The van der Waals surface area contributed by atoms with Gasteiger partial charge in [-0.05, 0) is 31.9 Å². The number of carbonyl (C=O) groups is 1. The molecule has 1 aromatic carbocycles.